The van der Waals surface area contributed by atoms with Gasteiger partial charge in [-0.1, -0.05) is 18.6 Å². The zero-order valence-electron chi connectivity index (χ0n) is 21.8. The lowest BCUT2D eigenvalue weighted by Crippen LogP contribution is -2.60. The number of carbonyl (C=O) groups is 4. The number of nitrogens with one attached hydrogen (secondary N) is 3. The summed E-state index contributed by atoms with van der Waals surface area (Å²) in [4.78, 5) is 50.3. The molecule has 0 aliphatic heterocycles. The summed E-state index contributed by atoms with van der Waals surface area (Å²) in [5.74, 6) is -3.49. The van der Waals surface area contributed by atoms with Gasteiger partial charge in [0.25, 0.3) is 0 Å². The molecule has 0 radical (unpaired) electrons. The SMILES string of the molecule is CC(O)C(NC(=O)C(CCCCN)NC(=O)C(N)CCCCN)C(=O)NC(Cc1ccc(O)cc1)C(=O)O. The van der Waals surface area contributed by atoms with Crippen molar-refractivity contribution in [1.29, 1.82) is 0 Å². The third-order valence-corrected chi connectivity index (χ3v) is 5.94. The van der Waals surface area contributed by atoms with Crippen LogP contribution in [0.1, 0.15) is 51.0 Å². The fourth-order valence-electron chi connectivity index (χ4n) is 3.67. The van der Waals surface area contributed by atoms with E-state index in [-0.39, 0.29) is 18.6 Å². The van der Waals surface area contributed by atoms with Crippen molar-refractivity contribution in [2.75, 3.05) is 13.1 Å². The maximum atomic E-state index is 13.1. The number of rotatable bonds is 18. The van der Waals surface area contributed by atoms with E-state index in [1.165, 1.54) is 31.2 Å². The van der Waals surface area contributed by atoms with Gasteiger partial charge in [-0.15, -0.1) is 0 Å². The number of aromatic hydroxyl groups is 1. The Kier molecular flexibility index (Phi) is 14.9. The van der Waals surface area contributed by atoms with Gasteiger partial charge in [0.05, 0.1) is 12.1 Å². The van der Waals surface area contributed by atoms with Gasteiger partial charge in [-0.05, 0) is 69.8 Å². The smallest absolute Gasteiger partial charge is 0.326 e. The van der Waals surface area contributed by atoms with Crippen LogP contribution in [0.2, 0.25) is 0 Å². The van der Waals surface area contributed by atoms with Crippen LogP contribution in [-0.4, -0.2) is 82.4 Å². The van der Waals surface area contributed by atoms with Crippen LogP contribution in [0.25, 0.3) is 0 Å². The highest BCUT2D eigenvalue weighted by atomic mass is 16.4. The van der Waals surface area contributed by atoms with Crippen molar-refractivity contribution in [2.24, 2.45) is 17.2 Å². The Morgan fingerprint density at radius 1 is 0.816 bits per heavy atom. The van der Waals surface area contributed by atoms with E-state index in [9.17, 15) is 34.5 Å². The molecule has 0 aliphatic rings. The molecule has 1 rings (SSSR count). The van der Waals surface area contributed by atoms with E-state index in [0.29, 0.717) is 50.8 Å². The molecule has 12 N–H and O–H groups in total. The first-order chi connectivity index (χ1) is 18.0. The third-order valence-electron chi connectivity index (χ3n) is 5.94. The fraction of sp³-hybridized carbons (Fsp3) is 0.600. The summed E-state index contributed by atoms with van der Waals surface area (Å²) in [6, 6.07) is 1.06. The number of unbranched alkanes of at least 4 members (excludes halogenated alkanes) is 2. The Bertz CT molecular complexity index is 897. The van der Waals surface area contributed by atoms with Crippen molar-refractivity contribution < 1.29 is 34.5 Å². The van der Waals surface area contributed by atoms with Crippen LogP contribution in [0.15, 0.2) is 24.3 Å². The predicted octanol–water partition coefficient (Wildman–Crippen LogP) is -1.56. The Hall–Kier alpha value is -3.26. The molecule has 1 aromatic carbocycles. The lowest BCUT2D eigenvalue weighted by atomic mass is 10.0. The molecule has 1 aromatic rings. The standard InChI is InChI=1S/C25H42N6O7/c1-15(32)21(24(36)30-20(25(37)38)14-16-8-10-17(33)11-9-16)31-23(35)19(7-3-5-13-27)29-22(34)18(28)6-2-4-12-26/h8-11,15,18-21,32-33H,2-7,12-14,26-28H2,1H3,(H,29,34)(H,30,36)(H,31,35)(H,37,38). The zero-order chi connectivity index (χ0) is 28.7. The van der Waals surface area contributed by atoms with Gasteiger partial charge in [0.1, 0.15) is 23.9 Å². The van der Waals surface area contributed by atoms with Gasteiger partial charge < -0.3 is 48.5 Å². The number of aliphatic hydroxyl groups excluding tert-OH is 1. The van der Waals surface area contributed by atoms with Crippen LogP contribution >= 0.6 is 0 Å². The van der Waals surface area contributed by atoms with E-state index in [2.05, 4.69) is 16.0 Å². The molecule has 13 heteroatoms. The molecule has 0 bridgehead atoms. The number of carboxylic acid groups (broad SMARTS) is 1. The van der Waals surface area contributed by atoms with Crippen molar-refractivity contribution in [3.8, 4) is 5.75 Å². The van der Waals surface area contributed by atoms with Crippen LogP contribution in [-0.2, 0) is 25.6 Å². The average Bonchev–Trinajstić information content (AvgIpc) is 2.87. The van der Waals surface area contributed by atoms with E-state index < -0.39 is 54.0 Å². The van der Waals surface area contributed by atoms with E-state index in [4.69, 9.17) is 17.2 Å². The van der Waals surface area contributed by atoms with Crippen LogP contribution in [0.4, 0.5) is 0 Å². The highest BCUT2D eigenvalue weighted by Crippen LogP contribution is 2.12. The number of nitrogens with two attached hydrogens (primary N) is 3. The lowest BCUT2D eigenvalue weighted by molar-refractivity contribution is -0.143. The Morgan fingerprint density at radius 3 is 1.89 bits per heavy atom. The molecule has 0 aromatic heterocycles. The quantitative estimate of drug-likeness (QED) is 0.0973. The summed E-state index contributed by atoms with van der Waals surface area (Å²) in [6.45, 7) is 2.13. The van der Waals surface area contributed by atoms with Gasteiger partial charge in [-0.25, -0.2) is 4.79 Å². The first-order valence-corrected chi connectivity index (χ1v) is 12.8. The van der Waals surface area contributed by atoms with Gasteiger partial charge >= 0.3 is 5.97 Å². The zero-order valence-corrected chi connectivity index (χ0v) is 21.8. The monoisotopic (exact) mass is 538 g/mol. The second-order valence-corrected chi connectivity index (χ2v) is 9.23. The van der Waals surface area contributed by atoms with Crippen molar-refractivity contribution in [3.05, 3.63) is 29.8 Å². The van der Waals surface area contributed by atoms with E-state index in [1.807, 2.05) is 0 Å². The summed E-state index contributed by atoms with van der Waals surface area (Å²) in [7, 11) is 0. The maximum Gasteiger partial charge on any atom is 0.326 e. The number of amides is 3. The van der Waals surface area contributed by atoms with Crippen LogP contribution in [0.3, 0.4) is 0 Å². The molecule has 5 unspecified atom stereocenters. The highest BCUT2D eigenvalue weighted by Gasteiger charge is 2.32. The summed E-state index contributed by atoms with van der Waals surface area (Å²) in [6.07, 6.45) is 1.59. The van der Waals surface area contributed by atoms with Crippen molar-refractivity contribution in [2.45, 2.75) is 82.1 Å². The molecule has 0 saturated heterocycles. The minimum atomic E-state index is -1.49. The maximum absolute atomic E-state index is 13.1. The number of hydrogen-bond donors (Lipinski definition) is 9. The van der Waals surface area contributed by atoms with Crippen molar-refractivity contribution in [1.82, 2.24) is 16.0 Å². The summed E-state index contributed by atoms with van der Waals surface area (Å²) >= 11 is 0. The number of hydrogen-bond acceptors (Lipinski definition) is 9. The van der Waals surface area contributed by atoms with Crippen molar-refractivity contribution >= 4 is 23.7 Å². The molecule has 3 amide bonds. The lowest BCUT2D eigenvalue weighted by Gasteiger charge is -2.26. The topological polar surface area (TPSA) is 243 Å². The summed E-state index contributed by atoms with van der Waals surface area (Å²) in [5.41, 5.74) is 17.5. The van der Waals surface area contributed by atoms with Crippen LogP contribution in [0.5, 0.6) is 5.75 Å². The second-order valence-electron chi connectivity index (χ2n) is 9.23. The number of phenolic OH excluding ortho intramolecular Hbond substituents is 1. The third kappa shape index (κ3) is 11.9. The summed E-state index contributed by atoms with van der Waals surface area (Å²) < 4.78 is 0. The molecule has 214 valence electrons. The molecule has 5 atom stereocenters. The number of aliphatic hydroxyl groups is 1. The molecule has 13 nitrogen and oxygen atoms in total. The Morgan fingerprint density at radius 2 is 1.37 bits per heavy atom. The van der Waals surface area contributed by atoms with Crippen LogP contribution in [0, 0.1) is 0 Å². The number of benzene rings is 1. The Balaban J connectivity index is 2.93. The van der Waals surface area contributed by atoms with Crippen LogP contribution < -0.4 is 33.2 Å². The highest BCUT2D eigenvalue weighted by molar-refractivity contribution is 5.94. The minimum absolute atomic E-state index is 0.00571. The molecule has 0 fully saturated rings. The van der Waals surface area contributed by atoms with E-state index >= 15 is 0 Å². The predicted molar refractivity (Wildman–Crippen MR) is 141 cm³/mol. The number of carbonyl (C=O) groups excluding carboxylic acids is 3. The van der Waals surface area contributed by atoms with Gasteiger partial charge in [-0.3, -0.25) is 14.4 Å². The minimum Gasteiger partial charge on any atom is -0.508 e. The summed E-state index contributed by atoms with van der Waals surface area (Å²) in [5, 5.41) is 36.6. The van der Waals surface area contributed by atoms with Gasteiger partial charge in [0, 0.05) is 6.42 Å². The molecular weight excluding hydrogens is 496 g/mol. The molecule has 0 aliphatic carbocycles. The number of phenols is 1. The average molecular weight is 539 g/mol. The Labute approximate surface area is 222 Å². The largest absolute Gasteiger partial charge is 0.508 e. The first-order valence-electron chi connectivity index (χ1n) is 12.8. The first kappa shape index (κ1) is 32.8. The molecule has 0 saturated carbocycles. The van der Waals surface area contributed by atoms with E-state index in [1.54, 1.807) is 0 Å². The second kappa shape index (κ2) is 17.3. The number of carboxylic acids is 1. The van der Waals surface area contributed by atoms with Crippen molar-refractivity contribution in [3.63, 3.8) is 0 Å². The normalized spacial score (nSPS) is 15.0. The van der Waals surface area contributed by atoms with E-state index in [0.717, 1.165) is 0 Å². The van der Waals surface area contributed by atoms with Gasteiger partial charge in [-0.2, -0.15) is 0 Å². The van der Waals surface area contributed by atoms with Gasteiger partial charge in [0.2, 0.25) is 17.7 Å². The molecular formula is C25H42N6O7. The number of aliphatic carboxylic acids is 1. The molecule has 38 heavy (non-hydrogen) atoms. The molecule has 0 spiro atoms. The molecule has 0 heterocycles. The fourth-order valence-corrected chi connectivity index (χ4v) is 3.67. The van der Waals surface area contributed by atoms with Gasteiger partial charge in [0.15, 0.2) is 0 Å².